The minimum absolute atomic E-state index is 0.0171. The number of hydrogen-bond donors (Lipinski definition) is 0. The Balaban J connectivity index is 1.96. The van der Waals surface area contributed by atoms with Crippen molar-refractivity contribution in [3.05, 3.63) is 18.2 Å². The molecule has 1 aromatic rings. The van der Waals surface area contributed by atoms with Crippen LogP contribution < -0.4 is 9.64 Å². The highest BCUT2D eigenvalue weighted by molar-refractivity contribution is 7.89. The largest absolute Gasteiger partial charge is 0.482 e. The summed E-state index contributed by atoms with van der Waals surface area (Å²) < 4.78 is 32.8. The van der Waals surface area contributed by atoms with Crippen molar-refractivity contribution in [3.63, 3.8) is 0 Å². The first-order valence-electron chi connectivity index (χ1n) is 7.82. The highest BCUT2D eigenvalue weighted by Gasteiger charge is 2.33. The molecule has 6 nitrogen and oxygen atoms in total. The minimum atomic E-state index is -3.56. The van der Waals surface area contributed by atoms with Crippen LogP contribution in [0.1, 0.15) is 20.3 Å². The number of carbonyl (C=O) groups excluding carboxylic acids is 1. The van der Waals surface area contributed by atoms with Crippen LogP contribution in [0.2, 0.25) is 0 Å². The maximum atomic E-state index is 12.9. The van der Waals surface area contributed by atoms with Gasteiger partial charge in [-0.05, 0) is 36.5 Å². The molecule has 0 spiro atoms. The Bertz CT molecular complexity index is 722. The predicted octanol–water partition coefficient (Wildman–Crippen LogP) is 1.71. The highest BCUT2D eigenvalue weighted by atomic mass is 32.2. The lowest BCUT2D eigenvalue weighted by atomic mass is 9.94. The van der Waals surface area contributed by atoms with Gasteiger partial charge in [-0.1, -0.05) is 13.8 Å². The van der Waals surface area contributed by atoms with Gasteiger partial charge in [0.05, 0.1) is 10.6 Å². The molecule has 0 bridgehead atoms. The molecule has 0 N–H and O–H groups in total. The van der Waals surface area contributed by atoms with E-state index in [-0.39, 0.29) is 17.4 Å². The van der Waals surface area contributed by atoms with Crippen LogP contribution in [0.25, 0.3) is 0 Å². The number of likely N-dealkylation sites (N-methyl/N-ethyl adjacent to an activating group) is 1. The second-order valence-corrected chi connectivity index (χ2v) is 8.58. The normalized spacial score (nSPS) is 25.9. The fourth-order valence-corrected chi connectivity index (χ4v) is 5.06. The van der Waals surface area contributed by atoms with E-state index in [9.17, 15) is 13.2 Å². The second kappa shape index (κ2) is 5.79. The number of fused-ring (bicyclic) bond motifs is 1. The van der Waals surface area contributed by atoms with Crippen molar-refractivity contribution in [1.29, 1.82) is 0 Å². The molecule has 23 heavy (non-hydrogen) atoms. The lowest BCUT2D eigenvalue weighted by Gasteiger charge is -2.34. The molecule has 0 unspecified atom stereocenters. The zero-order valence-corrected chi connectivity index (χ0v) is 14.5. The van der Waals surface area contributed by atoms with Crippen LogP contribution in [0.15, 0.2) is 23.1 Å². The monoisotopic (exact) mass is 338 g/mol. The molecule has 3 rings (SSSR count). The molecule has 0 aliphatic carbocycles. The SMILES string of the molecule is C[C@@H]1C[C@H](C)CN(S(=O)(=O)c2ccc3c(c2)N(C)C(=O)CO3)C1. The van der Waals surface area contributed by atoms with E-state index in [1.54, 1.807) is 23.5 Å². The average molecular weight is 338 g/mol. The van der Waals surface area contributed by atoms with Gasteiger partial charge in [0.2, 0.25) is 10.0 Å². The summed E-state index contributed by atoms with van der Waals surface area (Å²) in [5, 5.41) is 0. The van der Waals surface area contributed by atoms with Gasteiger partial charge < -0.3 is 9.64 Å². The quantitative estimate of drug-likeness (QED) is 0.823. The van der Waals surface area contributed by atoms with E-state index in [2.05, 4.69) is 13.8 Å². The van der Waals surface area contributed by atoms with Gasteiger partial charge >= 0.3 is 0 Å². The summed E-state index contributed by atoms with van der Waals surface area (Å²) in [6.07, 6.45) is 1.04. The van der Waals surface area contributed by atoms with Crippen LogP contribution in [0.3, 0.4) is 0 Å². The zero-order valence-electron chi connectivity index (χ0n) is 13.7. The summed E-state index contributed by atoms with van der Waals surface area (Å²) in [4.78, 5) is 13.4. The molecule has 0 aromatic heterocycles. The number of rotatable bonds is 2. The topological polar surface area (TPSA) is 66.9 Å². The molecule has 1 saturated heterocycles. The third-order valence-corrected chi connectivity index (χ3v) is 6.32. The molecule has 2 aliphatic rings. The summed E-state index contributed by atoms with van der Waals surface area (Å²) in [7, 11) is -1.93. The molecule has 1 aromatic carbocycles. The summed E-state index contributed by atoms with van der Waals surface area (Å²) in [6, 6.07) is 4.72. The first kappa shape index (κ1) is 16.3. The Morgan fingerprint density at radius 2 is 1.83 bits per heavy atom. The molecule has 1 fully saturated rings. The summed E-state index contributed by atoms with van der Waals surface area (Å²) in [5.74, 6) is 1.04. The standard InChI is InChI=1S/C16H22N2O4S/c1-11-6-12(2)9-18(8-11)23(20,21)13-4-5-15-14(7-13)17(3)16(19)10-22-15/h4-5,7,11-12H,6,8-10H2,1-3H3/t11-,12+. The number of ether oxygens (including phenoxy) is 1. The third kappa shape index (κ3) is 2.95. The number of hydrogen-bond acceptors (Lipinski definition) is 4. The number of amides is 1. The van der Waals surface area contributed by atoms with Crippen molar-refractivity contribution in [2.45, 2.75) is 25.2 Å². The van der Waals surface area contributed by atoms with Gasteiger partial charge in [-0.3, -0.25) is 4.79 Å². The number of piperidine rings is 1. The lowest BCUT2D eigenvalue weighted by Crippen LogP contribution is -2.42. The van der Waals surface area contributed by atoms with Gasteiger partial charge in [0.25, 0.3) is 5.91 Å². The van der Waals surface area contributed by atoms with E-state index < -0.39 is 10.0 Å². The van der Waals surface area contributed by atoms with Gasteiger partial charge in [0, 0.05) is 20.1 Å². The molecular weight excluding hydrogens is 316 g/mol. The molecule has 1 amide bonds. The molecule has 2 heterocycles. The number of anilines is 1. The lowest BCUT2D eigenvalue weighted by molar-refractivity contribution is -0.120. The Morgan fingerprint density at radius 3 is 2.48 bits per heavy atom. The Labute approximate surface area is 137 Å². The second-order valence-electron chi connectivity index (χ2n) is 6.64. The molecule has 0 saturated carbocycles. The molecule has 126 valence electrons. The van der Waals surface area contributed by atoms with Crippen LogP contribution in [0, 0.1) is 11.8 Å². The predicted molar refractivity (Wildman–Crippen MR) is 87.1 cm³/mol. The molecule has 0 radical (unpaired) electrons. The van der Waals surface area contributed by atoms with Crippen LogP contribution in [0.4, 0.5) is 5.69 Å². The zero-order chi connectivity index (χ0) is 16.8. The van der Waals surface area contributed by atoms with E-state index in [4.69, 9.17) is 4.74 Å². The molecule has 2 aliphatic heterocycles. The summed E-state index contributed by atoms with van der Waals surface area (Å²) >= 11 is 0. The smallest absolute Gasteiger partial charge is 0.264 e. The van der Waals surface area contributed by atoms with E-state index in [1.807, 2.05) is 0 Å². The minimum Gasteiger partial charge on any atom is -0.482 e. The van der Waals surface area contributed by atoms with E-state index in [1.165, 1.54) is 11.0 Å². The van der Waals surface area contributed by atoms with Gasteiger partial charge in [0.1, 0.15) is 5.75 Å². The van der Waals surface area contributed by atoms with Crippen LogP contribution in [-0.4, -0.2) is 45.4 Å². The first-order valence-corrected chi connectivity index (χ1v) is 9.26. The Hall–Kier alpha value is -1.60. The summed E-state index contributed by atoms with van der Waals surface area (Å²) in [5.41, 5.74) is 0.500. The van der Waals surface area contributed by atoms with Crippen molar-refractivity contribution in [3.8, 4) is 5.75 Å². The van der Waals surface area contributed by atoms with Crippen molar-refractivity contribution < 1.29 is 17.9 Å². The van der Waals surface area contributed by atoms with Crippen LogP contribution >= 0.6 is 0 Å². The van der Waals surface area contributed by atoms with Gasteiger partial charge in [-0.2, -0.15) is 4.31 Å². The fraction of sp³-hybridized carbons (Fsp3) is 0.562. The molecular formula is C16H22N2O4S. The van der Waals surface area contributed by atoms with Crippen LogP contribution in [-0.2, 0) is 14.8 Å². The van der Waals surface area contributed by atoms with E-state index in [0.717, 1.165) is 6.42 Å². The van der Waals surface area contributed by atoms with Crippen molar-refractivity contribution in [2.24, 2.45) is 11.8 Å². The number of sulfonamides is 1. The van der Waals surface area contributed by atoms with Crippen molar-refractivity contribution >= 4 is 21.6 Å². The fourth-order valence-electron chi connectivity index (χ4n) is 3.36. The highest BCUT2D eigenvalue weighted by Crippen LogP contribution is 2.35. The van der Waals surface area contributed by atoms with Crippen LogP contribution in [0.5, 0.6) is 5.75 Å². The number of carbonyl (C=O) groups is 1. The first-order chi connectivity index (χ1) is 10.8. The molecule has 2 atom stereocenters. The van der Waals surface area contributed by atoms with E-state index >= 15 is 0 Å². The summed E-state index contributed by atoms with van der Waals surface area (Å²) in [6.45, 7) is 5.21. The average Bonchev–Trinajstić information content (AvgIpc) is 2.50. The van der Waals surface area contributed by atoms with Crippen molar-refractivity contribution in [1.82, 2.24) is 4.31 Å². The number of benzene rings is 1. The maximum Gasteiger partial charge on any atom is 0.264 e. The Kier molecular flexibility index (Phi) is 4.10. The molecule has 7 heteroatoms. The van der Waals surface area contributed by atoms with Crippen molar-refractivity contribution in [2.75, 3.05) is 31.6 Å². The van der Waals surface area contributed by atoms with E-state index in [0.29, 0.717) is 36.4 Å². The maximum absolute atomic E-state index is 12.9. The van der Waals surface area contributed by atoms with Gasteiger partial charge in [-0.15, -0.1) is 0 Å². The van der Waals surface area contributed by atoms with Gasteiger partial charge in [0.15, 0.2) is 6.61 Å². The Morgan fingerprint density at radius 1 is 1.17 bits per heavy atom. The third-order valence-electron chi connectivity index (χ3n) is 4.49. The van der Waals surface area contributed by atoms with Gasteiger partial charge in [-0.25, -0.2) is 8.42 Å². The number of nitrogens with zero attached hydrogens (tertiary/aromatic N) is 2.